The summed E-state index contributed by atoms with van der Waals surface area (Å²) in [6.07, 6.45) is 4.66. The van der Waals surface area contributed by atoms with Crippen molar-refractivity contribution in [1.82, 2.24) is 5.32 Å². The number of aliphatic hydroxyl groups is 1. The molecule has 1 atom stereocenters. The molecule has 0 aliphatic heterocycles. The van der Waals surface area contributed by atoms with Crippen LogP contribution in [0.25, 0.3) is 0 Å². The van der Waals surface area contributed by atoms with Crippen LogP contribution in [0.1, 0.15) is 51.0 Å². The summed E-state index contributed by atoms with van der Waals surface area (Å²) in [7, 11) is 0. The highest BCUT2D eigenvalue weighted by Crippen LogP contribution is 2.19. The van der Waals surface area contributed by atoms with Crippen molar-refractivity contribution in [3.05, 3.63) is 29.8 Å². The molecule has 1 aliphatic rings. The van der Waals surface area contributed by atoms with Gasteiger partial charge in [0.15, 0.2) is 0 Å². The van der Waals surface area contributed by atoms with Gasteiger partial charge in [0.25, 0.3) is 0 Å². The van der Waals surface area contributed by atoms with Gasteiger partial charge in [-0.15, -0.1) is 0 Å². The standard InChI is InChI=1S/C17H27NO2/c1-13(2)14-7-9-17(10-8-14)20-12-16(19)11-18-15-5-3-4-6-15/h7-10,13,15-16,18-19H,3-6,11-12H2,1-2H3/t16-/m1/s1. The van der Waals surface area contributed by atoms with Crippen LogP contribution in [0.2, 0.25) is 0 Å². The Hall–Kier alpha value is -1.06. The van der Waals surface area contributed by atoms with Crippen molar-refractivity contribution in [1.29, 1.82) is 0 Å². The summed E-state index contributed by atoms with van der Waals surface area (Å²) in [5.74, 6) is 1.36. The molecule has 0 bridgehead atoms. The van der Waals surface area contributed by atoms with E-state index in [4.69, 9.17) is 4.74 Å². The molecule has 3 heteroatoms. The van der Waals surface area contributed by atoms with Crippen LogP contribution in [0.4, 0.5) is 0 Å². The molecule has 0 unspecified atom stereocenters. The van der Waals surface area contributed by atoms with Gasteiger partial charge in [-0.05, 0) is 36.5 Å². The maximum Gasteiger partial charge on any atom is 0.119 e. The molecule has 112 valence electrons. The van der Waals surface area contributed by atoms with E-state index in [2.05, 4.69) is 31.3 Å². The van der Waals surface area contributed by atoms with Crippen LogP contribution in [0, 0.1) is 0 Å². The van der Waals surface area contributed by atoms with Gasteiger partial charge in [0.1, 0.15) is 18.5 Å². The highest BCUT2D eigenvalue weighted by atomic mass is 16.5. The van der Waals surface area contributed by atoms with Crippen LogP contribution in [0.5, 0.6) is 5.75 Å². The third-order valence-corrected chi connectivity index (χ3v) is 3.99. The van der Waals surface area contributed by atoms with E-state index in [9.17, 15) is 5.11 Å². The summed E-state index contributed by atoms with van der Waals surface area (Å²) in [4.78, 5) is 0. The monoisotopic (exact) mass is 277 g/mol. The topological polar surface area (TPSA) is 41.5 Å². The lowest BCUT2D eigenvalue weighted by atomic mass is 10.0. The largest absolute Gasteiger partial charge is 0.491 e. The molecule has 0 aromatic heterocycles. The quantitative estimate of drug-likeness (QED) is 0.805. The number of aliphatic hydroxyl groups excluding tert-OH is 1. The Kier molecular flexibility index (Phi) is 5.86. The normalized spacial score (nSPS) is 17.6. The second-order valence-electron chi connectivity index (χ2n) is 6.08. The Balaban J connectivity index is 1.68. The second kappa shape index (κ2) is 7.65. The fourth-order valence-corrected chi connectivity index (χ4v) is 2.63. The zero-order chi connectivity index (χ0) is 14.4. The third-order valence-electron chi connectivity index (χ3n) is 3.99. The highest BCUT2D eigenvalue weighted by Gasteiger charge is 2.15. The number of benzene rings is 1. The van der Waals surface area contributed by atoms with Crippen LogP contribution in [0.3, 0.4) is 0 Å². The number of rotatable bonds is 7. The Labute approximate surface area is 122 Å². The van der Waals surface area contributed by atoms with Gasteiger partial charge in [-0.25, -0.2) is 0 Å². The molecule has 0 radical (unpaired) electrons. The van der Waals surface area contributed by atoms with Gasteiger partial charge >= 0.3 is 0 Å². The van der Waals surface area contributed by atoms with Crippen LogP contribution in [-0.2, 0) is 0 Å². The fraction of sp³-hybridized carbons (Fsp3) is 0.647. The molecule has 0 saturated heterocycles. The molecule has 1 saturated carbocycles. The Morgan fingerprint density at radius 2 is 1.85 bits per heavy atom. The van der Waals surface area contributed by atoms with Gasteiger partial charge in [-0.3, -0.25) is 0 Å². The molecule has 20 heavy (non-hydrogen) atoms. The van der Waals surface area contributed by atoms with Gasteiger partial charge in [0.05, 0.1) is 0 Å². The first kappa shape index (κ1) is 15.3. The molecule has 0 heterocycles. The highest BCUT2D eigenvalue weighted by molar-refractivity contribution is 5.28. The summed E-state index contributed by atoms with van der Waals surface area (Å²) in [5.41, 5.74) is 1.31. The predicted octanol–water partition coefficient (Wildman–Crippen LogP) is 3.08. The van der Waals surface area contributed by atoms with E-state index in [0.29, 0.717) is 25.1 Å². The first-order valence-corrected chi connectivity index (χ1v) is 7.79. The lowest BCUT2D eigenvalue weighted by Crippen LogP contribution is -2.36. The number of hydrogen-bond donors (Lipinski definition) is 2. The fourth-order valence-electron chi connectivity index (χ4n) is 2.63. The minimum absolute atomic E-state index is 0.348. The smallest absolute Gasteiger partial charge is 0.119 e. The summed E-state index contributed by atoms with van der Waals surface area (Å²) in [6.45, 7) is 5.32. The second-order valence-corrected chi connectivity index (χ2v) is 6.08. The van der Waals surface area contributed by atoms with E-state index in [-0.39, 0.29) is 0 Å². The number of ether oxygens (including phenoxy) is 1. The summed E-state index contributed by atoms with van der Waals surface area (Å²) < 4.78 is 5.63. The van der Waals surface area contributed by atoms with Gasteiger partial charge in [-0.2, -0.15) is 0 Å². The van der Waals surface area contributed by atoms with Crippen molar-refractivity contribution in [2.45, 2.75) is 57.6 Å². The Bertz CT molecular complexity index is 382. The molecule has 0 spiro atoms. The van der Waals surface area contributed by atoms with Crippen LogP contribution < -0.4 is 10.1 Å². The third kappa shape index (κ3) is 4.80. The van der Waals surface area contributed by atoms with E-state index in [0.717, 1.165) is 5.75 Å². The van der Waals surface area contributed by atoms with E-state index < -0.39 is 6.10 Å². The minimum Gasteiger partial charge on any atom is -0.491 e. The maximum atomic E-state index is 9.93. The summed E-state index contributed by atoms with van der Waals surface area (Å²) >= 11 is 0. The number of hydrogen-bond acceptors (Lipinski definition) is 3. The van der Waals surface area contributed by atoms with E-state index in [1.54, 1.807) is 0 Å². The van der Waals surface area contributed by atoms with Crippen molar-refractivity contribution >= 4 is 0 Å². The van der Waals surface area contributed by atoms with Gasteiger partial charge in [-0.1, -0.05) is 38.8 Å². The lowest BCUT2D eigenvalue weighted by molar-refractivity contribution is 0.104. The molecule has 3 nitrogen and oxygen atoms in total. The van der Waals surface area contributed by atoms with E-state index in [1.165, 1.54) is 31.2 Å². The minimum atomic E-state index is -0.444. The SMILES string of the molecule is CC(C)c1ccc(OC[C@H](O)CNC2CCCC2)cc1. The lowest BCUT2D eigenvalue weighted by Gasteiger charge is -2.17. The van der Waals surface area contributed by atoms with Crippen molar-refractivity contribution in [3.63, 3.8) is 0 Å². The average molecular weight is 277 g/mol. The van der Waals surface area contributed by atoms with Gasteiger partial charge in [0, 0.05) is 12.6 Å². The van der Waals surface area contributed by atoms with Gasteiger partial charge in [0.2, 0.25) is 0 Å². The van der Waals surface area contributed by atoms with Crippen molar-refractivity contribution in [2.24, 2.45) is 0 Å². The Morgan fingerprint density at radius 1 is 1.20 bits per heavy atom. The van der Waals surface area contributed by atoms with Crippen LogP contribution in [-0.4, -0.2) is 30.4 Å². The maximum absolute atomic E-state index is 9.93. The van der Waals surface area contributed by atoms with Crippen LogP contribution in [0.15, 0.2) is 24.3 Å². The molecule has 1 fully saturated rings. The van der Waals surface area contributed by atoms with Crippen LogP contribution >= 0.6 is 0 Å². The molecule has 2 N–H and O–H groups in total. The van der Waals surface area contributed by atoms with E-state index in [1.807, 2.05) is 12.1 Å². The van der Waals surface area contributed by atoms with Crippen molar-refractivity contribution in [3.8, 4) is 5.75 Å². The Morgan fingerprint density at radius 3 is 2.45 bits per heavy atom. The zero-order valence-corrected chi connectivity index (χ0v) is 12.6. The molecule has 1 aromatic carbocycles. The molecular weight excluding hydrogens is 250 g/mol. The van der Waals surface area contributed by atoms with Gasteiger partial charge < -0.3 is 15.2 Å². The molecule has 0 amide bonds. The first-order chi connectivity index (χ1) is 9.65. The number of nitrogens with one attached hydrogen (secondary N) is 1. The zero-order valence-electron chi connectivity index (χ0n) is 12.6. The summed E-state index contributed by atoms with van der Waals surface area (Å²) in [6, 6.07) is 8.72. The van der Waals surface area contributed by atoms with Crippen molar-refractivity contribution < 1.29 is 9.84 Å². The molecule has 2 rings (SSSR count). The van der Waals surface area contributed by atoms with Crippen molar-refractivity contribution in [2.75, 3.05) is 13.2 Å². The average Bonchev–Trinajstić information content (AvgIpc) is 2.96. The molecule has 1 aliphatic carbocycles. The molecular formula is C17H27NO2. The summed E-state index contributed by atoms with van der Waals surface area (Å²) in [5, 5.41) is 13.3. The first-order valence-electron chi connectivity index (χ1n) is 7.79. The van der Waals surface area contributed by atoms with E-state index >= 15 is 0 Å². The predicted molar refractivity (Wildman–Crippen MR) is 82.3 cm³/mol. The molecule has 1 aromatic rings.